The zero-order valence-electron chi connectivity index (χ0n) is 12.0. The highest BCUT2D eigenvalue weighted by molar-refractivity contribution is 7.80. The summed E-state index contributed by atoms with van der Waals surface area (Å²) in [6.45, 7) is 1.49. The van der Waals surface area contributed by atoms with Crippen LogP contribution in [-0.2, 0) is 16.1 Å². The second kappa shape index (κ2) is 6.73. The van der Waals surface area contributed by atoms with Crippen LogP contribution in [0.1, 0.15) is 18.4 Å². The first kappa shape index (κ1) is 16.2. The third-order valence-corrected chi connectivity index (χ3v) is 4.51. The van der Waals surface area contributed by atoms with Crippen molar-refractivity contribution < 1.29 is 9.53 Å². The number of hydrogen-bond donors (Lipinski definition) is 1. The van der Waals surface area contributed by atoms with Crippen LogP contribution in [0.3, 0.4) is 0 Å². The molecular formula is C15H19ClN2O2S. The SMILES string of the molecule is CN(Cc1cccc(Cl)c1)C(=O)C1(C(N)=S)CCOCC1. The highest BCUT2D eigenvalue weighted by Crippen LogP contribution is 2.33. The van der Waals surface area contributed by atoms with Gasteiger partial charge in [-0.05, 0) is 30.5 Å². The van der Waals surface area contributed by atoms with Crippen LogP contribution >= 0.6 is 23.8 Å². The Morgan fingerprint density at radius 1 is 1.48 bits per heavy atom. The Morgan fingerprint density at radius 2 is 2.14 bits per heavy atom. The summed E-state index contributed by atoms with van der Waals surface area (Å²) in [4.78, 5) is 14.7. The first-order valence-electron chi connectivity index (χ1n) is 6.83. The quantitative estimate of drug-likeness (QED) is 0.863. The standard InChI is InChI=1S/C15H19ClN2O2S/c1-18(10-11-3-2-4-12(16)9-11)14(19)15(13(17)21)5-7-20-8-6-15/h2-4,9H,5-8,10H2,1H3,(H2,17,21). The fourth-order valence-corrected chi connectivity index (χ4v) is 3.14. The summed E-state index contributed by atoms with van der Waals surface area (Å²) in [7, 11) is 1.76. The number of benzene rings is 1. The zero-order valence-corrected chi connectivity index (χ0v) is 13.5. The van der Waals surface area contributed by atoms with Gasteiger partial charge in [-0.2, -0.15) is 0 Å². The maximum absolute atomic E-state index is 12.8. The highest BCUT2D eigenvalue weighted by atomic mass is 35.5. The van der Waals surface area contributed by atoms with Crippen molar-refractivity contribution in [2.45, 2.75) is 19.4 Å². The molecule has 1 fully saturated rings. The van der Waals surface area contributed by atoms with Gasteiger partial charge in [0, 0.05) is 31.8 Å². The second-order valence-corrected chi connectivity index (χ2v) is 6.23. The predicted octanol–water partition coefficient (Wildman–Crippen LogP) is 2.38. The Bertz CT molecular complexity index is 544. The van der Waals surface area contributed by atoms with Crippen molar-refractivity contribution in [1.82, 2.24) is 4.90 Å². The lowest BCUT2D eigenvalue weighted by molar-refractivity contribution is -0.141. The smallest absolute Gasteiger partial charge is 0.235 e. The molecule has 1 aliphatic heterocycles. The summed E-state index contributed by atoms with van der Waals surface area (Å²) in [5, 5.41) is 0.656. The molecule has 0 bridgehead atoms. The van der Waals surface area contributed by atoms with Crippen molar-refractivity contribution in [3.63, 3.8) is 0 Å². The van der Waals surface area contributed by atoms with Crippen LogP contribution in [0, 0.1) is 5.41 Å². The molecule has 1 aromatic rings. The van der Waals surface area contributed by atoms with E-state index in [1.165, 1.54) is 0 Å². The lowest BCUT2D eigenvalue weighted by Crippen LogP contribution is -2.52. The summed E-state index contributed by atoms with van der Waals surface area (Å²) in [6.07, 6.45) is 1.09. The summed E-state index contributed by atoms with van der Waals surface area (Å²) in [6, 6.07) is 7.46. The Kier molecular flexibility index (Phi) is 5.19. The van der Waals surface area contributed by atoms with Gasteiger partial charge in [-0.15, -0.1) is 0 Å². The molecule has 0 aromatic heterocycles. The predicted molar refractivity (Wildman–Crippen MR) is 87.2 cm³/mol. The third kappa shape index (κ3) is 3.54. The Labute approximate surface area is 135 Å². The number of hydrogen-bond acceptors (Lipinski definition) is 3. The van der Waals surface area contributed by atoms with E-state index in [0.29, 0.717) is 37.6 Å². The van der Waals surface area contributed by atoms with Crippen LogP contribution in [0.25, 0.3) is 0 Å². The first-order valence-corrected chi connectivity index (χ1v) is 7.62. The maximum atomic E-state index is 12.8. The van der Waals surface area contributed by atoms with Crippen LogP contribution in [-0.4, -0.2) is 36.1 Å². The fourth-order valence-electron chi connectivity index (χ4n) is 2.63. The minimum absolute atomic E-state index is 0.0433. The number of carbonyl (C=O) groups excluding carboxylic acids is 1. The Balaban J connectivity index is 2.15. The molecule has 0 saturated carbocycles. The van der Waals surface area contributed by atoms with E-state index in [-0.39, 0.29) is 10.9 Å². The molecule has 0 unspecified atom stereocenters. The van der Waals surface area contributed by atoms with Gasteiger partial charge >= 0.3 is 0 Å². The van der Waals surface area contributed by atoms with Crippen LogP contribution in [0.2, 0.25) is 5.02 Å². The average molecular weight is 327 g/mol. The van der Waals surface area contributed by atoms with Crippen molar-refractivity contribution >= 4 is 34.7 Å². The van der Waals surface area contributed by atoms with E-state index in [1.807, 2.05) is 24.3 Å². The largest absolute Gasteiger partial charge is 0.392 e. The van der Waals surface area contributed by atoms with Crippen molar-refractivity contribution in [3.8, 4) is 0 Å². The van der Waals surface area contributed by atoms with Gasteiger partial charge in [-0.25, -0.2) is 0 Å². The van der Waals surface area contributed by atoms with Crippen LogP contribution in [0.5, 0.6) is 0 Å². The van der Waals surface area contributed by atoms with Gasteiger partial charge in [0.05, 0.1) is 4.99 Å². The molecule has 2 rings (SSSR count). The Hall–Kier alpha value is -1.17. The molecule has 6 heteroatoms. The van der Waals surface area contributed by atoms with Crippen LogP contribution < -0.4 is 5.73 Å². The fraction of sp³-hybridized carbons (Fsp3) is 0.467. The van der Waals surface area contributed by atoms with Gasteiger partial charge in [0.1, 0.15) is 5.41 Å². The third-order valence-electron chi connectivity index (χ3n) is 3.88. The average Bonchev–Trinajstić information content (AvgIpc) is 2.47. The van der Waals surface area contributed by atoms with E-state index in [0.717, 1.165) is 5.56 Å². The normalized spacial score (nSPS) is 17.2. The molecule has 1 amide bonds. The number of rotatable bonds is 4. The number of thiocarbonyl (C=S) groups is 1. The monoisotopic (exact) mass is 326 g/mol. The lowest BCUT2D eigenvalue weighted by Gasteiger charge is -2.37. The van der Waals surface area contributed by atoms with Gasteiger partial charge < -0.3 is 15.4 Å². The number of ether oxygens (including phenoxy) is 1. The number of halogens is 1. The molecule has 1 aliphatic rings. The molecule has 2 N–H and O–H groups in total. The molecule has 21 heavy (non-hydrogen) atoms. The van der Waals surface area contributed by atoms with E-state index >= 15 is 0 Å². The zero-order chi connectivity index (χ0) is 15.5. The van der Waals surface area contributed by atoms with E-state index in [2.05, 4.69) is 0 Å². The molecule has 0 spiro atoms. The molecule has 1 aromatic carbocycles. The van der Waals surface area contributed by atoms with E-state index in [9.17, 15) is 4.79 Å². The molecule has 0 aliphatic carbocycles. The second-order valence-electron chi connectivity index (χ2n) is 5.35. The van der Waals surface area contributed by atoms with Crippen molar-refractivity contribution in [1.29, 1.82) is 0 Å². The van der Waals surface area contributed by atoms with Gasteiger partial charge in [0.25, 0.3) is 0 Å². The molecule has 1 saturated heterocycles. The summed E-state index contributed by atoms with van der Waals surface area (Å²) < 4.78 is 5.34. The number of amides is 1. The first-order chi connectivity index (χ1) is 9.95. The van der Waals surface area contributed by atoms with Gasteiger partial charge in [-0.3, -0.25) is 4.79 Å². The molecule has 0 atom stereocenters. The molecule has 0 radical (unpaired) electrons. The maximum Gasteiger partial charge on any atom is 0.235 e. The molecule has 4 nitrogen and oxygen atoms in total. The van der Waals surface area contributed by atoms with E-state index in [1.54, 1.807) is 11.9 Å². The molecule has 1 heterocycles. The lowest BCUT2D eigenvalue weighted by atomic mass is 9.78. The summed E-state index contributed by atoms with van der Waals surface area (Å²) in [5.74, 6) is -0.0433. The Morgan fingerprint density at radius 3 is 2.71 bits per heavy atom. The topological polar surface area (TPSA) is 55.6 Å². The van der Waals surface area contributed by atoms with Crippen LogP contribution in [0.15, 0.2) is 24.3 Å². The van der Waals surface area contributed by atoms with E-state index in [4.69, 9.17) is 34.3 Å². The van der Waals surface area contributed by atoms with Crippen molar-refractivity contribution in [2.24, 2.45) is 11.1 Å². The van der Waals surface area contributed by atoms with Gasteiger partial charge in [0.15, 0.2) is 0 Å². The number of nitrogens with two attached hydrogens (primary N) is 1. The summed E-state index contributed by atoms with van der Waals surface area (Å²) in [5.41, 5.74) is 6.06. The number of carbonyl (C=O) groups is 1. The van der Waals surface area contributed by atoms with Crippen LogP contribution in [0.4, 0.5) is 0 Å². The van der Waals surface area contributed by atoms with E-state index < -0.39 is 5.41 Å². The van der Waals surface area contributed by atoms with Crippen molar-refractivity contribution in [2.75, 3.05) is 20.3 Å². The minimum Gasteiger partial charge on any atom is -0.392 e. The summed E-state index contributed by atoms with van der Waals surface area (Å²) >= 11 is 11.1. The molecule has 114 valence electrons. The highest BCUT2D eigenvalue weighted by Gasteiger charge is 2.44. The number of nitrogens with zero attached hydrogens (tertiary/aromatic N) is 1. The van der Waals surface area contributed by atoms with Gasteiger partial charge in [-0.1, -0.05) is 36.0 Å². The van der Waals surface area contributed by atoms with Gasteiger partial charge in [0.2, 0.25) is 5.91 Å². The minimum atomic E-state index is -0.777. The molecular weight excluding hydrogens is 308 g/mol. The van der Waals surface area contributed by atoms with Crippen molar-refractivity contribution in [3.05, 3.63) is 34.9 Å².